The zero-order valence-electron chi connectivity index (χ0n) is 18.4. The van der Waals surface area contributed by atoms with Crippen molar-refractivity contribution in [3.63, 3.8) is 0 Å². The fourth-order valence-electron chi connectivity index (χ4n) is 3.91. The Morgan fingerprint density at radius 3 is 2.69 bits per heavy atom. The number of benzene rings is 2. The summed E-state index contributed by atoms with van der Waals surface area (Å²) in [5.41, 5.74) is 2.14. The highest BCUT2D eigenvalue weighted by Gasteiger charge is 2.24. The van der Waals surface area contributed by atoms with Gasteiger partial charge in [-0.05, 0) is 48.2 Å². The maximum atomic E-state index is 12.5. The van der Waals surface area contributed by atoms with Crippen LogP contribution in [0.4, 0.5) is 5.82 Å². The zero-order valence-corrected chi connectivity index (χ0v) is 18.4. The van der Waals surface area contributed by atoms with Crippen molar-refractivity contribution in [2.45, 2.75) is 31.9 Å². The molecule has 6 nitrogen and oxygen atoms in total. The van der Waals surface area contributed by atoms with Crippen molar-refractivity contribution in [2.75, 3.05) is 25.1 Å². The van der Waals surface area contributed by atoms with Crippen LogP contribution in [0.2, 0.25) is 0 Å². The van der Waals surface area contributed by atoms with Crippen molar-refractivity contribution in [2.24, 2.45) is 0 Å². The zero-order chi connectivity index (χ0) is 22.2. The van der Waals surface area contributed by atoms with Crippen molar-refractivity contribution in [3.05, 3.63) is 84.1 Å². The Hall–Kier alpha value is -3.54. The van der Waals surface area contributed by atoms with Gasteiger partial charge in [-0.25, -0.2) is 4.98 Å². The number of aryl methyl sites for hydroxylation is 1. The van der Waals surface area contributed by atoms with E-state index in [2.05, 4.69) is 15.2 Å². The summed E-state index contributed by atoms with van der Waals surface area (Å²) in [7, 11) is 1.63. The number of carbonyl (C=O) groups excluding carboxylic acids is 1. The molecule has 6 heteroatoms. The molecule has 1 saturated heterocycles. The van der Waals surface area contributed by atoms with Gasteiger partial charge in [0.25, 0.3) is 0 Å². The van der Waals surface area contributed by atoms with Gasteiger partial charge >= 0.3 is 0 Å². The number of pyridine rings is 1. The molecule has 1 N–H and O–H groups in total. The Bertz CT molecular complexity index is 1010. The topological polar surface area (TPSA) is 63.7 Å². The fraction of sp³-hybridized carbons (Fsp3) is 0.308. The molecule has 1 aromatic heterocycles. The number of hydrogen-bond acceptors (Lipinski definition) is 5. The minimum Gasteiger partial charge on any atom is -0.493 e. The highest BCUT2D eigenvalue weighted by molar-refractivity contribution is 5.76. The first kappa shape index (κ1) is 21.7. The van der Waals surface area contributed by atoms with Crippen LogP contribution in [0, 0.1) is 0 Å². The van der Waals surface area contributed by atoms with Crippen LogP contribution < -0.4 is 19.7 Å². The lowest BCUT2D eigenvalue weighted by atomic mass is 10.1. The van der Waals surface area contributed by atoms with Crippen molar-refractivity contribution < 1.29 is 14.3 Å². The van der Waals surface area contributed by atoms with Gasteiger partial charge in [-0.15, -0.1) is 0 Å². The van der Waals surface area contributed by atoms with Gasteiger partial charge < -0.3 is 19.7 Å². The van der Waals surface area contributed by atoms with Gasteiger partial charge in [0.15, 0.2) is 11.5 Å². The predicted octanol–water partition coefficient (Wildman–Crippen LogP) is 4.00. The lowest BCUT2D eigenvalue weighted by molar-refractivity contribution is -0.121. The molecule has 1 aliphatic heterocycles. The van der Waals surface area contributed by atoms with E-state index in [1.807, 2.05) is 66.7 Å². The molecule has 1 aliphatic rings. The van der Waals surface area contributed by atoms with Gasteiger partial charge in [0.1, 0.15) is 12.4 Å². The normalized spacial score (nSPS) is 15.4. The molecule has 4 rings (SSSR count). The van der Waals surface area contributed by atoms with Gasteiger partial charge in [-0.1, -0.05) is 42.5 Å². The van der Waals surface area contributed by atoms with E-state index >= 15 is 0 Å². The number of hydrogen-bond donors (Lipinski definition) is 1. The lowest BCUT2D eigenvalue weighted by Crippen LogP contribution is -2.37. The quantitative estimate of drug-likeness (QED) is 0.555. The minimum absolute atomic E-state index is 0.0699. The first-order chi connectivity index (χ1) is 15.7. The Kier molecular flexibility index (Phi) is 7.23. The molecule has 1 atom stereocenters. The summed E-state index contributed by atoms with van der Waals surface area (Å²) < 4.78 is 11.4. The number of ether oxygens (including phenoxy) is 2. The molecule has 2 aromatic carbocycles. The van der Waals surface area contributed by atoms with E-state index in [0.717, 1.165) is 36.5 Å². The van der Waals surface area contributed by atoms with Crippen molar-refractivity contribution in [3.8, 4) is 11.5 Å². The van der Waals surface area contributed by atoms with Crippen LogP contribution in [0.1, 0.15) is 24.0 Å². The third-order valence-corrected chi connectivity index (χ3v) is 5.63. The summed E-state index contributed by atoms with van der Waals surface area (Å²) >= 11 is 0. The van der Waals surface area contributed by atoms with Crippen LogP contribution >= 0.6 is 0 Å². The summed E-state index contributed by atoms with van der Waals surface area (Å²) in [5.74, 6) is 2.41. The van der Waals surface area contributed by atoms with Gasteiger partial charge in [0, 0.05) is 31.7 Å². The van der Waals surface area contributed by atoms with Crippen LogP contribution in [0.15, 0.2) is 72.9 Å². The fourth-order valence-corrected chi connectivity index (χ4v) is 3.91. The molecule has 1 fully saturated rings. The molecular weight excluding hydrogens is 402 g/mol. The standard InChI is InChI=1S/C26H29N3O3/c1-31-23-12-10-20(17-24(23)32-19-21-7-3-2-4-8-21)11-13-26(30)28-22-14-16-29(18-22)25-9-5-6-15-27-25/h2-10,12,15,17,22H,11,13-14,16,18-19H2,1H3,(H,28,30)/t22-/m1/s1. The largest absolute Gasteiger partial charge is 0.493 e. The minimum atomic E-state index is 0.0699. The molecule has 1 amide bonds. The summed E-state index contributed by atoms with van der Waals surface area (Å²) in [6.07, 6.45) is 3.81. The second-order valence-electron chi connectivity index (χ2n) is 7.95. The van der Waals surface area contributed by atoms with E-state index in [0.29, 0.717) is 30.9 Å². The average molecular weight is 432 g/mol. The number of methoxy groups -OCH3 is 1. The van der Waals surface area contributed by atoms with E-state index in [1.165, 1.54) is 0 Å². The monoisotopic (exact) mass is 431 g/mol. The maximum absolute atomic E-state index is 12.5. The Morgan fingerprint density at radius 2 is 1.91 bits per heavy atom. The third-order valence-electron chi connectivity index (χ3n) is 5.63. The van der Waals surface area contributed by atoms with E-state index in [9.17, 15) is 4.79 Å². The molecule has 3 aromatic rings. The summed E-state index contributed by atoms with van der Waals surface area (Å²) in [6, 6.07) is 21.9. The van der Waals surface area contributed by atoms with Crippen LogP contribution in [0.5, 0.6) is 11.5 Å². The number of amides is 1. The Morgan fingerprint density at radius 1 is 1.06 bits per heavy atom. The van der Waals surface area contributed by atoms with Crippen molar-refractivity contribution in [1.82, 2.24) is 10.3 Å². The van der Waals surface area contributed by atoms with Crippen LogP contribution in [0.3, 0.4) is 0 Å². The second kappa shape index (κ2) is 10.7. The van der Waals surface area contributed by atoms with Crippen molar-refractivity contribution in [1.29, 1.82) is 0 Å². The number of nitrogens with zero attached hydrogens (tertiary/aromatic N) is 2. The molecule has 0 unspecified atom stereocenters. The average Bonchev–Trinajstić information content (AvgIpc) is 3.31. The second-order valence-corrected chi connectivity index (χ2v) is 7.95. The molecule has 2 heterocycles. The number of rotatable bonds is 9. The van der Waals surface area contributed by atoms with E-state index < -0.39 is 0 Å². The highest BCUT2D eigenvalue weighted by atomic mass is 16.5. The third kappa shape index (κ3) is 5.78. The number of anilines is 1. The SMILES string of the molecule is COc1ccc(CCC(=O)N[C@@H]2CCN(c3ccccn3)C2)cc1OCc1ccccc1. The molecule has 166 valence electrons. The number of aromatic nitrogens is 1. The molecule has 0 bridgehead atoms. The molecule has 0 saturated carbocycles. The van der Waals surface area contributed by atoms with Gasteiger partial charge in [0.05, 0.1) is 7.11 Å². The number of carbonyl (C=O) groups is 1. The smallest absolute Gasteiger partial charge is 0.220 e. The first-order valence-corrected chi connectivity index (χ1v) is 11.0. The summed E-state index contributed by atoms with van der Waals surface area (Å²) in [5, 5.41) is 3.17. The molecule has 32 heavy (non-hydrogen) atoms. The van der Waals surface area contributed by atoms with E-state index in [4.69, 9.17) is 9.47 Å². The van der Waals surface area contributed by atoms with E-state index in [1.54, 1.807) is 13.3 Å². The van der Waals surface area contributed by atoms with Crippen LogP contribution in [-0.2, 0) is 17.8 Å². The lowest BCUT2D eigenvalue weighted by Gasteiger charge is -2.17. The molecular formula is C26H29N3O3. The van der Waals surface area contributed by atoms with Crippen molar-refractivity contribution >= 4 is 11.7 Å². The van der Waals surface area contributed by atoms with E-state index in [-0.39, 0.29) is 11.9 Å². The first-order valence-electron chi connectivity index (χ1n) is 11.0. The molecule has 0 radical (unpaired) electrons. The molecule has 0 spiro atoms. The number of nitrogens with one attached hydrogen (secondary N) is 1. The van der Waals surface area contributed by atoms with Gasteiger partial charge in [-0.3, -0.25) is 4.79 Å². The maximum Gasteiger partial charge on any atom is 0.220 e. The van der Waals surface area contributed by atoms with Crippen LogP contribution in [0.25, 0.3) is 0 Å². The summed E-state index contributed by atoms with van der Waals surface area (Å²) in [6.45, 7) is 2.17. The predicted molar refractivity (Wildman–Crippen MR) is 125 cm³/mol. The van der Waals surface area contributed by atoms with Crippen LogP contribution in [-0.4, -0.2) is 37.1 Å². The highest BCUT2D eigenvalue weighted by Crippen LogP contribution is 2.29. The Labute approximate surface area is 189 Å². The molecule has 0 aliphatic carbocycles. The van der Waals surface area contributed by atoms with Gasteiger partial charge in [0.2, 0.25) is 5.91 Å². The Balaban J connectivity index is 1.28. The summed E-state index contributed by atoms with van der Waals surface area (Å²) in [4.78, 5) is 19.1. The van der Waals surface area contributed by atoms with Gasteiger partial charge in [-0.2, -0.15) is 0 Å².